The summed E-state index contributed by atoms with van der Waals surface area (Å²) in [5.74, 6) is -0.346. The predicted octanol–water partition coefficient (Wildman–Crippen LogP) is 3.07. The molecular weight excluding hydrogens is 311 g/mol. The molecule has 0 radical (unpaired) electrons. The molecule has 0 bridgehead atoms. The van der Waals surface area contributed by atoms with Crippen molar-refractivity contribution in [1.29, 1.82) is 0 Å². The first-order chi connectivity index (χ1) is 11.5. The van der Waals surface area contributed by atoms with Gasteiger partial charge in [-0.15, -0.1) is 0 Å². The average Bonchev–Trinajstić information content (AvgIpc) is 2.57. The summed E-state index contributed by atoms with van der Waals surface area (Å²) in [5.41, 5.74) is 0.761. The normalized spacial score (nSPS) is 11.9. The van der Waals surface area contributed by atoms with Gasteiger partial charge in [-0.05, 0) is 43.3 Å². The fourth-order valence-electron chi connectivity index (χ4n) is 2.27. The summed E-state index contributed by atoms with van der Waals surface area (Å²) >= 11 is 0. The SMILES string of the molecule is CC(Oc1cccc2ccc(=O)[nH]c12)C(=O)Nc1ccc(F)cc1. The molecule has 2 N–H and O–H groups in total. The van der Waals surface area contributed by atoms with E-state index in [4.69, 9.17) is 4.74 Å². The average molecular weight is 326 g/mol. The number of para-hydroxylation sites is 1. The Balaban J connectivity index is 1.78. The summed E-state index contributed by atoms with van der Waals surface area (Å²) in [6, 6.07) is 13.9. The lowest BCUT2D eigenvalue weighted by Gasteiger charge is -2.16. The second-order valence-electron chi connectivity index (χ2n) is 5.30. The summed E-state index contributed by atoms with van der Waals surface area (Å²) in [7, 11) is 0. The van der Waals surface area contributed by atoms with Crippen molar-refractivity contribution in [3.8, 4) is 5.75 Å². The number of amides is 1. The van der Waals surface area contributed by atoms with E-state index in [0.717, 1.165) is 5.39 Å². The number of benzene rings is 2. The van der Waals surface area contributed by atoms with Gasteiger partial charge in [0, 0.05) is 17.1 Å². The van der Waals surface area contributed by atoms with Crippen molar-refractivity contribution < 1.29 is 13.9 Å². The zero-order valence-electron chi connectivity index (χ0n) is 12.9. The molecule has 1 heterocycles. The molecule has 3 rings (SSSR count). The zero-order chi connectivity index (χ0) is 17.1. The molecule has 0 saturated carbocycles. The minimum absolute atomic E-state index is 0.248. The Labute approximate surface area is 137 Å². The van der Waals surface area contributed by atoms with Crippen molar-refractivity contribution in [3.05, 3.63) is 70.8 Å². The number of carbonyl (C=O) groups is 1. The lowest BCUT2D eigenvalue weighted by Crippen LogP contribution is -2.30. The maximum Gasteiger partial charge on any atom is 0.265 e. The molecular formula is C18H15FN2O3. The maximum absolute atomic E-state index is 12.9. The van der Waals surface area contributed by atoms with E-state index in [1.165, 1.54) is 30.3 Å². The highest BCUT2D eigenvalue weighted by Crippen LogP contribution is 2.23. The molecule has 122 valence electrons. The number of aromatic amines is 1. The first kappa shape index (κ1) is 15.7. The highest BCUT2D eigenvalue weighted by molar-refractivity contribution is 5.94. The first-order valence-corrected chi connectivity index (χ1v) is 7.38. The van der Waals surface area contributed by atoms with E-state index in [1.807, 2.05) is 6.07 Å². The van der Waals surface area contributed by atoms with Gasteiger partial charge >= 0.3 is 0 Å². The summed E-state index contributed by atoms with van der Waals surface area (Å²) in [4.78, 5) is 26.4. The maximum atomic E-state index is 12.9. The summed E-state index contributed by atoms with van der Waals surface area (Å²) in [5, 5.41) is 3.45. The first-order valence-electron chi connectivity index (χ1n) is 7.38. The van der Waals surface area contributed by atoms with E-state index in [0.29, 0.717) is 17.0 Å². The second kappa shape index (κ2) is 6.54. The van der Waals surface area contributed by atoms with Gasteiger partial charge in [0.2, 0.25) is 5.56 Å². The minimum atomic E-state index is -0.802. The van der Waals surface area contributed by atoms with Crippen LogP contribution in [-0.4, -0.2) is 17.0 Å². The minimum Gasteiger partial charge on any atom is -0.479 e. The van der Waals surface area contributed by atoms with Crippen molar-refractivity contribution >= 4 is 22.5 Å². The van der Waals surface area contributed by atoms with Crippen molar-refractivity contribution in [2.45, 2.75) is 13.0 Å². The molecule has 0 spiro atoms. The second-order valence-corrected chi connectivity index (χ2v) is 5.30. The van der Waals surface area contributed by atoms with Gasteiger partial charge in [-0.2, -0.15) is 0 Å². The van der Waals surface area contributed by atoms with Gasteiger partial charge in [0.25, 0.3) is 5.91 Å². The van der Waals surface area contributed by atoms with Crippen LogP contribution in [-0.2, 0) is 4.79 Å². The van der Waals surface area contributed by atoms with E-state index >= 15 is 0 Å². The molecule has 0 aliphatic heterocycles. The van der Waals surface area contributed by atoms with Gasteiger partial charge in [-0.1, -0.05) is 12.1 Å². The Morgan fingerprint density at radius 1 is 1.12 bits per heavy atom. The van der Waals surface area contributed by atoms with Gasteiger partial charge < -0.3 is 15.0 Å². The standard InChI is InChI=1S/C18H15FN2O3/c1-11(18(23)20-14-8-6-13(19)7-9-14)24-15-4-2-3-12-5-10-16(22)21-17(12)15/h2-11H,1H3,(H,20,23)(H,21,22). The zero-order valence-corrected chi connectivity index (χ0v) is 12.9. The number of ether oxygens (including phenoxy) is 1. The van der Waals surface area contributed by atoms with E-state index < -0.39 is 6.10 Å². The van der Waals surface area contributed by atoms with Gasteiger partial charge in [-0.25, -0.2) is 4.39 Å². The molecule has 1 amide bonds. The monoisotopic (exact) mass is 326 g/mol. The molecule has 2 aromatic carbocycles. The lowest BCUT2D eigenvalue weighted by atomic mass is 10.2. The van der Waals surface area contributed by atoms with Crippen LogP contribution in [0.3, 0.4) is 0 Å². The Bertz CT molecular complexity index is 935. The molecule has 0 saturated heterocycles. The molecule has 5 nitrogen and oxygen atoms in total. The van der Waals surface area contributed by atoms with Crippen LogP contribution >= 0.6 is 0 Å². The van der Waals surface area contributed by atoms with Gasteiger partial charge in [-0.3, -0.25) is 9.59 Å². The number of hydrogen-bond donors (Lipinski definition) is 2. The van der Waals surface area contributed by atoms with Crippen LogP contribution in [0.1, 0.15) is 6.92 Å². The Hall–Kier alpha value is -3.15. The number of H-pyrrole nitrogens is 1. The Morgan fingerprint density at radius 3 is 2.62 bits per heavy atom. The molecule has 1 unspecified atom stereocenters. The van der Waals surface area contributed by atoms with Crippen LogP contribution in [0, 0.1) is 5.82 Å². The molecule has 0 aliphatic rings. The fraction of sp³-hybridized carbons (Fsp3) is 0.111. The third-order valence-corrected chi connectivity index (χ3v) is 3.51. The van der Waals surface area contributed by atoms with Crippen molar-refractivity contribution in [2.24, 2.45) is 0 Å². The number of anilines is 1. The van der Waals surface area contributed by atoms with Gasteiger partial charge in [0.15, 0.2) is 6.10 Å². The van der Waals surface area contributed by atoms with E-state index in [1.54, 1.807) is 25.1 Å². The summed E-state index contributed by atoms with van der Waals surface area (Å²) in [6.07, 6.45) is -0.802. The summed E-state index contributed by atoms with van der Waals surface area (Å²) < 4.78 is 18.6. The number of halogens is 1. The van der Waals surface area contributed by atoms with Crippen LogP contribution in [0.4, 0.5) is 10.1 Å². The van der Waals surface area contributed by atoms with E-state index in [-0.39, 0.29) is 17.3 Å². The molecule has 3 aromatic rings. The number of hydrogen-bond acceptors (Lipinski definition) is 3. The van der Waals surface area contributed by atoms with Crippen molar-refractivity contribution in [2.75, 3.05) is 5.32 Å². The number of carbonyl (C=O) groups excluding carboxylic acids is 1. The quantitative estimate of drug-likeness (QED) is 0.774. The molecule has 0 fully saturated rings. The topological polar surface area (TPSA) is 71.2 Å². The highest BCUT2D eigenvalue weighted by atomic mass is 19.1. The van der Waals surface area contributed by atoms with Gasteiger partial charge in [0.1, 0.15) is 11.6 Å². The van der Waals surface area contributed by atoms with E-state index in [9.17, 15) is 14.0 Å². The van der Waals surface area contributed by atoms with Crippen LogP contribution in [0.15, 0.2) is 59.4 Å². The molecule has 6 heteroatoms. The molecule has 1 atom stereocenters. The van der Waals surface area contributed by atoms with Crippen molar-refractivity contribution in [1.82, 2.24) is 4.98 Å². The highest BCUT2D eigenvalue weighted by Gasteiger charge is 2.16. The largest absolute Gasteiger partial charge is 0.479 e. The number of fused-ring (bicyclic) bond motifs is 1. The third kappa shape index (κ3) is 3.43. The third-order valence-electron chi connectivity index (χ3n) is 3.51. The number of rotatable bonds is 4. The Morgan fingerprint density at radius 2 is 1.88 bits per heavy atom. The molecule has 24 heavy (non-hydrogen) atoms. The van der Waals surface area contributed by atoms with Crippen molar-refractivity contribution in [3.63, 3.8) is 0 Å². The smallest absolute Gasteiger partial charge is 0.265 e. The fourth-order valence-corrected chi connectivity index (χ4v) is 2.27. The van der Waals surface area contributed by atoms with Crippen LogP contribution in [0.25, 0.3) is 10.9 Å². The van der Waals surface area contributed by atoms with Gasteiger partial charge in [0.05, 0.1) is 5.52 Å². The van der Waals surface area contributed by atoms with Crippen LogP contribution < -0.4 is 15.6 Å². The number of pyridine rings is 1. The van der Waals surface area contributed by atoms with Crippen LogP contribution in [0.2, 0.25) is 0 Å². The molecule has 0 aliphatic carbocycles. The predicted molar refractivity (Wildman–Crippen MR) is 89.7 cm³/mol. The van der Waals surface area contributed by atoms with Crippen LogP contribution in [0.5, 0.6) is 5.75 Å². The molecule has 1 aromatic heterocycles. The Kier molecular flexibility index (Phi) is 4.29. The summed E-state index contributed by atoms with van der Waals surface area (Å²) in [6.45, 7) is 1.60. The van der Waals surface area contributed by atoms with E-state index in [2.05, 4.69) is 10.3 Å². The number of aromatic nitrogens is 1. The number of nitrogens with one attached hydrogen (secondary N) is 2. The lowest BCUT2D eigenvalue weighted by molar-refractivity contribution is -0.122.